The summed E-state index contributed by atoms with van der Waals surface area (Å²) < 4.78 is 0. The Kier molecular flexibility index (Phi) is 2.62. The molecular weight excluding hydrogens is 240 g/mol. The van der Waals surface area contributed by atoms with Crippen molar-refractivity contribution in [3.05, 3.63) is 23.2 Å². The van der Waals surface area contributed by atoms with Crippen LogP contribution in [0, 0.1) is 5.41 Å². The maximum Gasteiger partial charge on any atom is 0.239 e. The zero-order valence-corrected chi connectivity index (χ0v) is 10.4. The Hall–Kier alpha value is -1.55. The first-order valence-corrected chi connectivity index (χ1v) is 5.63. The minimum absolute atomic E-state index is 0.191. The number of nitrogens with zero attached hydrogens (tertiary/aromatic N) is 1. The first kappa shape index (κ1) is 11.9. The smallest absolute Gasteiger partial charge is 0.239 e. The summed E-state index contributed by atoms with van der Waals surface area (Å²) in [5, 5.41) is 0.346. The highest BCUT2D eigenvalue weighted by atomic mass is 35.5. The molecular formula is C12H13ClN2O2. The lowest BCUT2D eigenvalue weighted by molar-refractivity contribution is -0.124. The topological polar surface area (TPSA) is 63.4 Å². The van der Waals surface area contributed by atoms with Crippen molar-refractivity contribution in [3.8, 4) is 0 Å². The number of imide groups is 1. The van der Waals surface area contributed by atoms with E-state index >= 15 is 0 Å². The van der Waals surface area contributed by atoms with Gasteiger partial charge in [-0.15, -0.1) is 0 Å². The highest BCUT2D eigenvalue weighted by molar-refractivity contribution is 6.36. The first-order valence-electron chi connectivity index (χ1n) is 5.25. The van der Waals surface area contributed by atoms with Crippen LogP contribution in [0.4, 0.5) is 11.4 Å². The van der Waals surface area contributed by atoms with E-state index in [1.807, 2.05) is 0 Å². The second kappa shape index (κ2) is 3.74. The normalized spacial score (nSPS) is 18.9. The molecule has 4 nitrogen and oxygen atoms in total. The molecule has 2 rings (SSSR count). The molecule has 0 atom stereocenters. The molecule has 0 bridgehead atoms. The standard InChI is InChI=1S/C12H13ClN2O2/c1-12(2)6-10(16)15(11(12)17)9-5-7(14)3-4-8(9)13/h3-5H,6,14H2,1-2H3. The molecule has 0 aromatic heterocycles. The van der Waals surface area contributed by atoms with Gasteiger partial charge in [-0.1, -0.05) is 25.4 Å². The van der Waals surface area contributed by atoms with Gasteiger partial charge >= 0.3 is 0 Å². The van der Waals surface area contributed by atoms with Gasteiger partial charge in [0.05, 0.1) is 16.1 Å². The summed E-state index contributed by atoms with van der Waals surface area (Å²) in [6.45, 7) is 3.49. The molecule has 2 amide bonds. The van der Waals surface area contributed by atoms with Gasteiger partial charge in [0, 0.05) is 12.1 Å². The third-order valence-electron chi connectivity index (χ3n) is 2.84. The Balaban J connectivity index is 2.51. The monoisotopic (exact) mass is 252 g/mol. The highest BCUT2D eigenvalue weighted by Crippen LogP contribution is 2.38. The van der Waals surface area contributed by atoms with Crippen molar-refractivity contribution in [1.82, 2.24) is 0 Å². The molecule has 0 radical (unpaired) electrons. The van der Waals surface area contributed by atoms with Gasteiger partial charge in [-0.05, 0) is 18.2 Å². The average Bonchev–Trinajstić information content (AvgIpc) is 2.41. The van der Waals surface area contributed by atoms with Gasteiger partial charge < -0.3 is 5.73 Å². The van der Waals surface area contributed by atoms with Gasteiger partial charge in [0.1, 0.15) is 0 Å². The van der Waals surface area contributed by atoms with Crippen LogP contribution in [-0.4, -0.2) is 11.8 Å². The summed E-state index contributed by atoms with van der Waals surface area (Å²) in [7, 11) is 0. The molecule has 5 heteroatoms. The average molecular weight is 253 g/mol. The minimum atomic E-state index is -0.676. The Morgan fingerprint density at radius 2 is 2.00 bits per heavy atom. The van der Waals surface area contributed by atoms with Crippen LogP contribution in [0.15, 0.2) is 18.2 Å². The zero-order chi connectivity index (χ0) is 12.8. The fraction of sp³-hybridized carbons (Fsp3) is 0.333. The fourth-order valence-corrected chi connectivity index (χ4v) is 2.10. The molecule has 17 heavy (non-hydrogen) atoms. The Bertz CT molecular complexity index is 511. The van der Waals surface area contributed by atoms with Crippen molar-refractivity contribution in [1.29, 1.82) is 0 Å². The largest absolute Gasteiger partial charge is 0.399 e. The van der Waals surface area contributed by atoms with E-state index in [-0.39, 0.29) is 18.2 Å². The summed E-state index contributed by atoms with van der Waals surface area (Å²) in [5.74, 6) is -0.484. The molecule has 1 aliphatic heterocycles. The van der Waals surface area contributed by atoms with E-state index in [2.05, 4.69) is 0 Å². The zero-order valence-electron chi connectivity index (χ0n) is 9.66. The number of halogens is 1. The van der Waals surface area contributed by atoms with Crippen molar-refractivity contribution in [2.45, 2.75) is 20.3 Å². The second-order valence-corrected chi connectivity index (χ2v) is 5.21. The van der Waals surface area contributed by atoms with E-state index in [0.717, 1.165) is 4.90 Å². The van der Waals surface area contributed by atoms with Crippen LogP contribution < -0.4 is 10.6 Å². The fourth-order valence-electron chi connectivity index (χ4n) is 1.89. The quantitative estimate of drug-likeness (QED) is 0.616. The minimum Gasteiger partial charge on any atom is -0.399 e. The van der Waals surface area contributed by atoms with Gasteiger partial charge in [-0.2, -0.15) is 0 Å². The van der Waals surface area contributed by atoms with Crippen LogP contribution >= 0.6 is 11.6 Å². The third-order valence-corrected chi connectivity index (χ3v) is 3.16. The molecule has 0 spiro atoms. The van der Waals surface area contributed by atoms with Crippen LogP contribution in [0.5, 0.6) is 0 Å². The summed E-state index contributed by atoms with van der Waals surface area (Å²) in [6, 6.07) is 4.75. The summed E-state index contributed by atoms with van der Waals surface area (Å²) >= 11 is 6.00. The molecule has 1 aromatic rings. The second-order valence-electron chi connectivity index (χ2n) is 4.81. The molecule has 1 fully saturated rings. The van der Waals surface area contributed by atoms with Crippen molar-refractivity contribution >= 4 is 34.8 Å². The van der Waals surface area contributed by atoms with Crippen molar-refractivity contribution < 1.29 is 9.59 Å². The molecule has 1 aromatic carbocycles. The molecule has 1 saturated heterocycles. The Labute approximate surface area is 104 Å². The third kappa shape index (κ3) is 1.89. The maximum absolute atomic E-state index is 12.1. The number of nitrogen functional groups attached to an aromatic ring is 1. The Morgan fingerprint density at radius 1 is 1.35 bits per heavy atom. The predicted molar refractivity (Wildman–Crippen MR) is 66.8 cm³/mol. The molecule has 0 saturated carbocycles. The maximum atomic E-state index is 12.1. The van der Waals surface area contributed by atoms with Gasteiger partial charge in [0.2, 0.25) is 11.8 Å². The van der Waals surface area contributed by atoms with E-state index < -0.39 is 5.41 Å². The van der Waals surface area contributed by atoms with Gasteiger partial charge in [0.25, 0.3) is 0 Å². The lowest BCUT2D eigenvalue weighted by Crippen LogP contribution is -2.33. The number of hydrogen-bond acceptors (Lipinski definition) is 3. The van der Waals surface area contributed by atoms with Crippen LogP contribution in [0.1, 0.15) is 20.3 Å². The lowest BCUT2D eigenvalue weighted by atomic mass is 9.92. The number of benzene rings is 1. The van der Waals surface area contributed by atoms with Crippen molar-refractivity contribution in [3.63, 3.8) is 0 Å². The van der Waals surface area contributed by atoms with Crippen LogP contribution in [0.2, 0.25) is 5.02 Å². The number of carbonyl (C=O) groups is 2. The number of hydrogen-bond donors (Lipinski definition) is 1. The molecule has 90 valence electrons. The van der Waals surface area contributed by atoms with Gasteiger partial charge in [0.15, 0.2) is 0 Å². The number of rotatable bonds is 1. The van der Waals surface area contributed by atoms with Crippen LogP contribution in [-0.2, 0) is 9.59 Å². The van der Waals surface area contributed by atoms with Gasteiger partial charge in [-0.3, -0.25) is 9.59 Å². The summed E-state index contributed by atoms with van der Waals surface area (Å²) in [5.41, 5.74) is 5.81. The van der Waals surface area contributed by atoms with Crippen molar-refractivity contribution in [2.24, 2.45) is 5.41 Å². The lowest BCUT2D eigenvalue weighted by Gasteiger charge is -2.19. The molecule has 0 aliphatic carbocycles. The molecule has 0 unspecified atom stereocenters. The van der Waals surface area contributed by atoms with E-state index in [4.69, 9.17) is 17.3 Å². The van der Waals surface area contributed by atoms with Crippen LogP contribution in [0.3, 0.4) is 0 Å². The van der Waals surface area contributed by atoms with Gasteiger partial charge in [-0.25, -0.2) is 4.90 Å². The molecule has 1 aliphatic rings. The first-order chi connectivity index (χ1) is 7.83. The predicted octanol–water partition coefficient (Wildman–Crippen LogP) is 2.21. The van der Waals surface area contributed by atoms with E-state index in [9.17, 15) is 9.59 Å². The van der Waals surface area contributed by atoms with E-state index in [0.29, 0.717) is 16.4 Å². The SMILES string of the molecule is CC1(C)CC(=O)N(c2cc(N)ccc2Cl)C1=O. The van der Waals surface area contributed by atoms with Crippen molar-refractivity contribution in [2.75, 3.05) is 10.6 Å². The number of anilines is 2. The summed E-state index contributed by atoms with van der Waals surface area (Å²) in [4.78, 5) is 25.1. The number of amides is 2. The number of nitrogens with two attached hydrogens (primary N) is 1. The van der Waals surface area contributed by atoms with E-state index in [1.165, 1.54) is 0 Å². The van der Waals surface area contributed by atoms with E-state index in [1.54, 1.807) is 32.0 Å². The van der Waals surface area contributed by atoms with Crippen LogP contribution in [0.25, 0.3) is 0 Å². The Morgan fingerprint density at radius 3 is 2.53 bits per heavy atom. The molecule has 2 N–H and O–H groups in total. The highest BCUT2D eigenvalue weighted by Gasteiger charge is 2.46. The molecule has 1 heterocycles. The number of carbonyl (C=O) groups excluding carboxylic acids is 2. The summed E-state index contributed by atoms with van der Waals surface area (Å²) in [6.07, 6.45) is 0.191.